The van der Waals surface area contributed by atoms with Crippen molar-refractivity contribution in [3.63, 3.8) is 0 Å². The normalized spacial score (nSPS) is 16.6. The van der Waals surface area contributed by atoms with Crippen LogP contribution in [0.2, 0.25) is 0 Å². The van der Waals surface area contributed by atoms with Gasteiger partial charge in [-0.05, 0) is 46.5 Å². The molecule has 10 nitrogen and oxygen atoms in total. The Kier molecular flexibility index (Phi) is 13.8. The van der Waals surface area contributed by atoms with Crippen LogP contribution in [0.1, 0.15) is 46.5 Å². The van der Waals surface area contributed by atoms with Gasteiger partial charge in [0.1, 0.15) is 0 Å². The molecule has 0 saturated heterocycles. The number of likely N-dealkylation sites (N-methyl/N-ethyl adjacent to an activating group) is 1. The number of esters is 2. The highest BCUT2D eigenvalue weighted by molar-refractivity contribution is 6.02. The lowest BCUT2D eigenvalue weighted by atomic mass is 10.2. The molecule has 1 amide bonds. The second-order valence-electron chi connectivity index (χ2n) is 6.48. The van der Waals surface area contributed by atoms with Crippen molar-refractivity contribution in [1.29, 1.82) is 0 Å². The molecule has 29 heavy (non-hydrogen) atoms. The fourth-order valence-electron chi connectivity index (χ4n) is 2.17. The Morgan fingerprint density at radius 2 is 1.24 bits per heavy atom. The van der Waals surface area contributed by atoms with Crippen LogP contribution in [-0.4, -0.2) is 80.3 Å². The molecule has 2 saturated carbocycles. The van der Waals surface area contributed by atoms with E-state index in [1.807, 2.05) is 0 Å². The van der Waals surface area contributed by atoms with Crippen LogP contribution < -0.4 is 16.0 Å². The first kappa shape index (κ1) is 27.0. The fraction of sp³-hybridized carbons (Fsp3) is 0.789. The Morgan fingerprint density at radius 3 is 1.55 bits per heavy atom. The summed E-state index contributed by atoms with van der Waals surface area (Å²) in [5.74, 6) is -1.47. The minimum absolute atomic E-state index is 0.176. The number of aliphatic hydroxyl groups is 1. The van der Waals surface area contributed by atoms with Gasteiger partial charge in [-0.1, -0.05) is 0 Å². The predicted molar refractivity (Wildman–Crippen MR) is 106 cm³/mol. The SMILES string of the molecule is CCOC(=O)C(NC1CC1)C(=O)NC.CCOC(=O)C(NC1CC1)C(C)=O.CO. The number of nitrogens with one attached hydrogen (secondary N) is 3. The molecule has 10 heteroatoms. The lowest BCUT2D eigenvalue weighted by Crippen LogP contribution is -2.50. The number of rotatable bonds is 10. The average Bonchev–Trinajstić information content (AvgIpc) is 3.61. The van der Waals surface area contributed by atoms with Crippen molar-refractivity contribution in [2.24, 2.45) is 0 Å². The highest BCUT2D eigenvalue weighted by atomic mass is 16.5. The molecular formula is C19H35N3O7. The zero-order valence-electron chi connectivity index (χ0n) is 17.9. The van der Waals surface area contributed by atoms with E-state index in [9.17, 15) is 19.2 Å². The number of hydrogen-bond acceptors (Lipinski definition) is 9. The maximum absolute atomic E-state index is 11.4. The van der Waals surface area contributed by atoms with E-state index in [0.29, 0.717) is 25.3 Å². The number of amides is 1. The molecule has 2 aliphatic carbocycles. The first-order valence-electron chi connectivity index (χ1n) is 9.86. The first-order valence-corrected chi connectivity index (χ1v) is 9.86. The van der Waals surface area contributed by atoms with Crippen LogP contribution in [-0.2, 0) is 28.7 Å². The van der Waals surface area contributed by atoms with Crippen molar-refractivity contribution < 1.29 is 33.8 Å². The first-order chi connectivity index (χ1) is 13.8. The molecule has 2 aliphatic rings. The van der Waals surface area contributed by atoms with Crippen LogP contribution in [0, 0.1) is 0 Å². The maximum atomic E-state index is 11.4. The summed E-state index contributed by atoms with van der Waals surface area (Å²) >= 11 is 0. The lowest BCUT2D eigenvalue weighted by Gasteiger charge is -2.14. The van der Waals surface area contributed by atoms with E-state index >= 15 is 0 Å². The quantitative estimate of drug-likeness (QED) is 0.267. The third-order valence-electron chi connectivity index (χ3n) is 3.92. The van der Waals surface area contributed by atoms with Gasteiger partial charge in [-0.25, -0.2) is 9.59 Å². The van der Waals surface area contributed by atoms with E-state index < -0.39 is 24.0 Å². The van der Waals surface area contributed by atoms with Crippen molar-refractivity contribution in [2.45, 2.75) is 70.6 Å². The van der Waals surface area contributed by atoms with E-state index in [2.05, 4.69) is 16.0 Å². The smallest absolute Gasteiger partial charge is 0.332 e. The number of hydrogen-bond donors (Lipinski definition) is 4. The molecule has 2 fully saturated rings. The highest BCUT2D eigenvalue weighted by Gasteiger charge is 2.33. The lowest BCUT2D eigenvalue weighted by molar-refractivity contribution is -0.150. The second kappa shape index (κ2) is 14.9. The number of ether oxygens (including phenoxy) is 2. The van der Waals surface area contributed by atoms with Gasteiger partial charge in [0.05, 0.1) is 13.2 Å². The van der Waals surface area contributed by atoms with E-state index in [-0.39, 0.29) is 11.7 Å². The van der Waals surface area contributed by atoms with Gasteiger partial charge in [-0.3, -0.25) is 20.2 Å². The summed E-state index contributed by atoms with van der Waals surface area (Å²) < 4.78 is 9.57. The highest BCUT2D eigenvalue weighted by Crippen LogP contribution is 2.20. The van der Waals surface area contributed by atoms with Crippen molar-refractivity contribution >= 4 is 23.6 Å². The van der Waals surface area contributed by atoms with Crippen LogP contribution in [0.25, 0.3) is 0 Å². The van der Waals surface area contributed by atoms with E-state index in [1.54, 1.807) is 13.8 Å². The van der Waals surface area contributed by atoms with Gasteiger partial charge in [0, 0.05) is 26.2 Å². The van der Waals surface area contributed by atoms with Crippen LogP contribution >= 0.6 is 0 Å². The van der Waals surface area contributed by atoms with Crippen LogP contribution in [0.3, 0.4) is 0 Å². The second-order valence-corrected chi connectivity index (χ2v) is 6.48. The Labute approximate surface area is 172 Å². The molecule has 0 heterocycles. The zero-order valence-corrected chi connectivity index (χ0v) is 17.9. The monoisotopic (exact) mass is 417 g/mol. The standard InChI is InChI=1S/C9H16N2O3.C9H15NO3.CH4O/c1-3-14-9(13)7(8(12)10-2)11-6-4-5-6;1-3-13-9(12)8(6(2)11)10-7-4-5-7;1-2/h6-7,11H,3-5H2,1-2H3,(H,10,12);7-8,10H,3-5H2,1-2H3;2H,1H3. The summed E-state index contributed by atoms with van der Waals surface area (Å²) in [6.07, 6.45) is 4.13. The number of aliphatic hydroxyl groups excluding tert-OH is 1. The number of carbonyl (C=O) groups is 4. The van der Waals surface area contributed by atoms with Crippen molar-refractivity contribution in [3.8, 4) is 0 Å². The van der Waals surface area contributed by atoms with E-state index in [1.165, 1.54) is 14.0 Å². The molecule has 0 radical (unpaired) electrons. The van der Waals surface area contributed by atoms with Crippen LogP contribution in [0.4, 0.5) is 0 Å². The number of Topliss-reactive ketones (excluding diaryl/α,β-unsaturated/α-hetero) is 1. The molecule has 2 rings (SSSR count). The van der Waals surface area contributed by atoms with Crippen LogP contribution in [0.15, 0.2) is 0 Å². The van der Waals surface area contributed by atoms with Gasteiger partial charge in [-0.15, -0.1) is 0 Å². The molecule has 2 atom stereocenters. The Hall–Kier alpha value is -2.04. The molecule has 4 N–H and O–H groups in total. The molecule has 0 aromatic heterocycles. The fourth-order valence-corrected chi connectivity index (χ4v) is 2.17. The van der Waals surface area contributed by atoms with Gasteiger partial charge in [-0.2, -0.15) is 0 Å². The summed E-state index contributed by atoms with van der Waals surface area (Å²) in [7, 11) is 2.50. The van der Waals surface area contributed by atoms with Gasteiger partial charge in [0.2, 0.25) is 5.91 Å². The molecule has 0 aliphatic heterocycles. The molecule has 0 bridgehead atoms. The molecule has 0 aromatic carbocycles. The van der Waals surface area contributed by atoms with E-state index in [0.717, 1.165) is 32.8 Å². The summed E-state index contributed by atoms with van der Waals surface area (Å²) in [5, 5.41) is 15.3. The summed E-state index contributed by atoms with van der Waals surface area (Å²) in [5.41, 5.74) is 0. The minimum atomic E-state index is -0.854. The average molecular weight is 418 g/mol. The molecule has 0 aromatic rings. The molecule has 168 valence electrons. The van der Waals surface area contributed by atoms with Crippen molar-refractivity contribution in [1.82, 2.24) is 16.0 Å². The molecule has 2 unspecified atom stereocenters. The van der Waals surface area contributed by atoms with Gasteiger partial charge in [0.15, 0.2) is 17.9 Å². The zero-order chi connectivity index (χ0) is 22.4. The summed E-state index contributed by atoms with van der Waals surface area (Å²) in [6.45, 7) is 5.45. The number of carbonyl (C=O) groups excluding carboxylic acids is 4. The van der Waals surface area contributed by atoms with Crippen molar-refractivity contribution in [2.75, 3.05) is 27.4 Å². The summed E-state index contributed by atoms with van der Waals surface area (Å²) in [6, 6.07) is -0.986. The topological polar surface area (TPSA) is 143 Å². The third kappa shape index (κ3) is 11.5. The molecule has 0 spiro atoms. The minimum Gasteiger partial charge on any atom is -0.464 e. The van der Waals surface area contributed by atoms with Gasteiger partial charge in [0.25, 0.3) is 0 Å². The number of ketones is 1. The Morgan fingerprint density at radius 1 is 0.862 bits per heavy atom. The van der Waals surface area contributed by atoms with E-state index in [4.69, 9.17) is 14.6 Å². The third-order valence-corrected chi connectivity index (χ3v) is 3.92. The Balaban J connectivity index is 0.000000499. The predicted octanol–water partition coefficient (Wildman–Crippen LogP) is -0.716. The van der Waals surface area contributed by atoms with Gasteiger partial charge < -0.3 is 19.9 Å². The van der Waals surface area contributed by atoms with Crippen molar-refractivity contribution in [3.05, 3.63) is 0 Å². The largest absolute Gasteiger partial charge is 0.464 e. The summed E-state index contributed by atoms with van der Waals surface area (Å²) in [4.78, 5) is 45.0. The molecular weight excluding hydrogens is 382 g/mol. The van der Waals surface area contributed by atoms with Crippen LogP contribution in [0.5, 0.6) is 0 Å². The Bertz CT molecular complexity index is 534. The van der Waals surface area contributed by atoms with Gasteiger partial charge >= 0.3 is 11.9 Å². The maximum Gasteiger partial charge on any atom is 0.332 e.